The van der Waals surface area contributed by atoms with Crippen molar-refractivity contribution >= 4 is 11.9 Å². The molecule has 10 nitrogen and oxygen atoms in total. The molecular weight excluding hydrogens is 712 g/mol. The van der Waals surface area contributed by atoms with Crippen LogP contribution in [-0.2, 0) is 28.5 Å². The van der Waals surface area contributed by atoms with E-state index in [9.17, 15) is 30.0 Å². The maximum absolute atomic E-state index is 12.7. The fraction of sp³-hybridized carbons (Fsp3) is 0.739. The van der Waals surface area contributed by atoms with E-state index in [1.165, 1.54) is 44.9 Å². The number of rotatable bonds is 35. The molecular formula is C46H78O10. The van der Waals surface area contributed by atoms with Gasteiger partial charge in [-0.05, 0) is 77.0 Å². The molecule has 0 aliphatic carbocycles. The van der Waals surface area contributed by atoms with E-state index in [4.69, 9.17) is 18.9 Å². The van der Waals surface area contributed by atoms with Crippen LogP contribution in [0.3, 0.4) is 0 Å². The molecule has 10 heteroatoms. The smallest absolute Gasteiger partial charge is 0.306 e. The molecule has 1 saturated heterocycles. The van der Waals surface area contributed by atoms with Crippen LogP contribution in [-0.4, -0.2) is 89.0 Å². The van der Waals surface area contributed by atoms with Crippen LogP contribution < -0.4 is 0 Å². The molecule has 1 aliphatic heterocycles. The molecule has 1 heterocycles. The maximum Gasteiger partial charge on any atom is 0.306 e. The van der Waals surface area contributed by atoms with Crippen LogP contribution in [0.15, 0.2) is 60.8 Å². The molecule has 0 bridgehead atoms. The van der Waals surface area contributed by atoms with E-state index in [0.29, 0.717) is 12.8 Å². The SMILES string of the molecule is CCC/C=C/C/C=C/C/C=C/C/C=C/CCCCCC(=O)O[C@H](COC(=O)CCCCCCC/C=C/CCCCCCC)CO[C@@H]1O[C@H](CO)[C@H](O)C(O)C1O. The Labute approximate surface area is 339 Å². The van der Waals surface area contributed by atoms with Crippen LogP contribution >= 0.6 is 0 Å². The predicted octanol–water partition coefficient (Wildman–Crippen LogP) is 9.05. The molecule has 56 heavy (non-hydrogen) atoms. The van der Waals surface area contributed by atoms with Gasteiger partial charge in [0.05, 0.1) is 13.2 Å². The number of carbonyl (C=O) groups excluding carboxylic acids is 2. The molecule has 0 aromatic heterocycles. The van der Waals surface area contributed by atoms with E-state index in [1.807, 2.05) is 0 Å². The minimum absolute atomic E-state index is 0.188. The summed E-state index contributed by atoms with van der Waals surface area (Å²) in [5.41, 5.74) is 0. The third kappa shape index (κ3) is 27.9. The van der Waals surface area contributed by atoms with Crippen molar-refractivity contribution in [2.24, 2.45) is 0 Å². The number of hydrogen-bond donors (Lipinski definition) is 4. The Balaban J connectivity index is 2.39. The van der Waals surface area contributed by atoms with Gasteiger partial charge in [-0.1, -0.05) is 132 Å². The molecule has 0 aromatic rings. The van der Waals surface area contributed by atoms with Gasteiger partial charge >= 0.3 is 11.9 Å². The third-order valence-electron chi connectivity index (χ3n) is 9.61. The second kappa shape index (κ2) is 36.7. The Hall–Kier alpha value is -2.60. The number of aliphatic hydroxyl groups excluding tert-OH is 4. The Kier molecular flexibility index (Phi) is 33.7. The Morgan fingerprint density at radius 3 is 1.61 bits per heavy atom. The van der Waals surface area contributed by atoms with Gasteiger partial charge < -0.3 is 39.4 Å². The standard InChI is InChI=1S/C46H78O10/c1-3-5-7-9-11-13-15-17-19-20-21-23-25-27-29-31-33-35-42(49)55-39(38-54-46-45(52)44(51)43(50)40(36-47)56-46)37-53-41(48)34-32-30-28-26-24-22-18-16-14-12-10-8-6-4-2/h7,9,13,15-16,18-20,23,25,39-40,43-47,50-52H,3-6,8,10-12,14,17,21-22,24,26-38H2,1-2H3/b9-7+,15-13+,18-16+,20-19+,25-23+/t39-,40-,43+,44?,45?,46-/m1/s1. The number of unbranched alkanes of at least 4 members (excludes halogenated alkanes) is 14. The van der Waals surface area contributed by atoms with Gasteiger partial charge in [0, 0.05) is 12.8 Å². The van der Waals surface area contributed by atoms with E-state index in [2.05, 4.69) is 74.6 Å². The first-order chi connectivity index (χ1) is 27.3. The normalized spacial score (nSPS) is 21.0. The summed E-state index contributed by atoms with van der Waals surface area (Å²) >= 11 is 0. The zero-order chi connectivity index (χ0) is 40.9. The van der Waals surface area contributed by atoms with Crippen molar-refractivity contribution in [3.05, 3.63) is 60.8 Å². The number of allylic oxidation sites excluding steroid dienone is 10. The van der Waals surface area contributed by atoms with Gasteiger partial charge in [-0.15, -0.1) is 0 Å². The summed E-state index contributed by atoms with van der Waals surface area (Å²) < 4.78 is 22.1. The highest BCUT2D eigenvalue weighted by Gasteiger charge is 2.44. The number of aliphatic hydroxyl groups is 4. The lowest BCUT2D eigenvalue weighted by molar-refractivity contribution is -0.305. The van der Waals surface area contributed by atoms with Crippen LogP contribution in [0.25, 0.3) is 0 Å². The number of esters is 2. The molecule has 2 unspecified atom stereocenters. The third-order valence-corrected chi connectivity index (χ3v) is 9.61. The molecule has 4 N–H and O–H groups in total. The van der Waals surface area contributed by atoms with Gasteiger partial charge in [-0.25, -0.2) is 0 Å². The number of hydrogen-bond acceptors (Lipinski definition) is 10. The van der Waals surface area contributed by atoms with Gasteiger partial charge in [0.2, 0.25) is 0 Å². The molecule has 322 valence electrons. The largest absolute Gasteiger partial charge is 0.462 e. The highest BCUT2D eigenvalue weighted by molar-refractivity contribution is 5.70. The van der Waals surface area contributed by atoms with E-state index in [-0.39, 0.29) is 26.1 Å². The molecule has 0 amide bonds. The predicted molar refractivity (Wildman–Crippen MR) is 224 cm³/mol. The van der Waals surface area contributed by atoms with Crippen molar-refractivity contribution in [1.82, 2.24) is 0 Å². The summed E-state index contributed by atoms with van der Waals surface area (Å²) in [6, 6.07) is 0. The summed E-state index contributed by atoms with van der Waals surface area (Å²) in [7, 11) is 0. The van der Waals surface area contributed by atoms with Gasteiger partial charge in [0.25, 0.3) is 0 Å². The average molecular weight is 791 g/mol. The minimum atomic E-state index is -1.60. The Morgan fingerprint density at radius 2 is 1.04 bits per heavy atom. The zero-order valence-electron chi connectivity index (χ0n) is 34.9. The summed E-state index contributed by atoms with van der Waals surface area (Å²) in [4.78, 5) is 25.3. The summed E-state index contributed by atoms with van der Waals surface area (Å²) in [6.07, 6.45) is 36.5. The van der Waals surface area contributed by atoms with Gasteiger partial charge in [-0.3, -0.25) is 9.59 Å². The van der Waals surface area contributed by atoms with Crippen LogP contribution in [0.2, 0.25) is 0 Å². The van der Waals surface area contributed by atoms with Crippen molar-refractivity contribution in [3.8, 4) is 0 Å². The highest BCUT2D eigenvalue weighted by Crippen LogP contribution is 2.22. The quantitative estimate of drug-likeness (QED) is 0.0278. The topological polar surface area (TPSA) is 152 Å². The van der Waals surface area contributed by atoms with Gasteiger partial charge in [0.15, 0.2) is 12.4 Å². The van der Waals surface area contributed by atoms with Crippen molar-refractivity contribution < 1.29 is 49.0 Å². The molecule has 0 radical (unpaired) electrons. The van der Waals surface area contributed by atoms with Crippen LogP contribution in [0.5, 0.6) is 0 Å². The van der Waals surface area contributed by atoms with Crippen molar-refractivity contribution in [1.29, 1.82) is 0 Å². The van der Waals surface area contributed by atoms with Gasteiger partial charge in [0.1, 0.15) is 31.0 Å². The first-order valence-corrected chi connectivity index (χ1v) is 21.9. The first kappa shape index (κ1) is 51.4. The fourth-order valence-electron chi connectivity index (χ4n) is 6.11. The van der Waals surface area contributed by atoms with E-state index in [1.54, 1.807) is 0 Å². The highest BCUT2D eigenvalue weighted by atomic mass is 16.7. The molecule has 0 aromatic carbocycles. The monoisotopic (exact) mass is 791 g/mol. The van der Waals surface area contributed by atoms with Crippen LogP contribution in [0, 0.1) is 0 Å². The average Bonchev–Trinajstić information content (AvgIpc) is 3.19. The molecule has 0 saturated carbocycles. The lowest BCUT2D eigenvalue weighted by Crippen LogP contribution is -2.59. The minimum Gasteiger partial charge on any atom is -0.462 e. The first-order valence-electron chi connectivity index (χ1n) is 21.9. The summed E-state index contributed by atoms with van der Waals surface area (Å²) in [6.45, 7) is 3.29. The second-order valence-electron chi connectivity index (χ2n) is 14.8. The summed E-state index contributed by atoms with van der Waals surface area (Å²) in [5.74, 6) is -0.857. The molecule has 1 rings (SSSR count). The second-order valence-corrected chi connectivity index (χ2v) is 14.8. The fourth-order valence-corrected chi connectivity index (χ4v) is 6.11. The zero-order valence-corrected chi connectivity index (χ0v) is 34.9. The lowest BCUT2D eigenvalue weighted by atomic mass is 9.99. The van der Waals surface area contributed by atoms with Crippen molar-refractivity contribution in [3.63, 3.8) is 0 Å². The molecule has 0 spiro atoms. The summed E-state index contributed by atoms with van der Waals surface area (Å²) in [5, 5.41) is 40.0. The number of ether oxygens (including phenoxy) is 4. The molecule has 1 aliphatic rings. The number of carbonyl (C=O) groups is 2. The van der Waals surface area contributed by atoms with E-state index >= 15 is 0 Å². The van der Waals surface area contributed by atoms with E-state index in [0.717, 1.165) is 77.0 Å². The van der Waals surface area contributed by atoms with Crippen LogP contribution in [0.4, 0.5) is 0 Å². The maximum atomic E-state index is 12.7. The Morgan fingerprint density at radius 1 is 0.554 bits per heavy atom. The van der Waals surface area contributed by atoms with Gasteiger partial charge in [-0.2, -0.15) is 0 Å². The molecule has 1 fully saturated rings. The van der Waals surface area contributed by atoms with E-state index < -0.39 is 55.4 Å². The Bertz CT molecular complexity index is 1100. The van der Waals surface area contributed by atoms with Crippen LogP contribution in [0.1, 0.15) is 162 Å². The lowest BCUT2D eigenvalue weighted by Gasteiger charge is -2.39. The van der Waals surface area contributed by atoms with Crippen molar-refractivity contribution in [2.45, 2.75) is 198 Å². The molecule has 6 atom stereocenters. The van der Waals surface area contributed by atoms with Crippen molar-refractivity contribution in [2.75, 3.05) is 19.8 Å².